The second-order valence-electron chi connectivity index (χ2n) is 3.10. The zero-order valence-corrected chi connectivity index (χ0v) is 8.89. The Balaban J connectivity index is 2.51. The van der Waals surface area contributed by atoms with Gasteiger partial charge >= 0.3 is 11.9 Å². The maximum absolute atomic E-state index is 12.3. The number of aromatic amines is 2. The van der Waals surface area contributed by atoms with Gasteiger partial charge in [0.15, 0.2) is 0 Å². The molecule has 0 unspecified atom stereocenters. The molecule has 17 heavy (non-hydrogen) atoms. The van der Waals surface area contributed by atoms with Crippen molar-refractivity contribution >= 4 is 12.2 Å². The number of pyridine rings is 1. The van der Waals surface area contributed by atoms with Gasteiger partial charge in [0.25, 0.3) is 0 Å². The van der Waals surface area contributed by atoms with Crippen molar-refractivity contribution in [2.45, 2.75) is 6.18 Å². The van der Waals surface area contributed by atoms with Gasteiger partial charge in [-0.25, -0.2) is 19.4 Å². The van der Waals surface area contributed by atoms with Crippen LogP contribution in [0, 0.1) is 4.77 Å². The number of H-pyrrole nitrogens is 2. The van der Waals surface area contributed by atoms with E-state index < -0.39 is 17.6 Å². The van der Waals surface area contributed by atoms with Gasteiger partial charge in [0.05, 0.1) is 11.9 Å². The third-order valence-electron chi connectivity index (χ3n) is 1.98. The second kappa shape index (κ2) is 3.84. The summed E-state index contributed by atoms with van der Waals surface area (Å²) in [5.74, 6) is 0. The normalized spacial score (nSPS) is 11.7. The average molecular weight is 262 g/mol. The summed E-state index contributed by atoms with van der Waals surface area (Å²) in [5.41, 5.74) is -1.44. The van der Waals surface area contributed by atoms with Crippen LogP contribution >= 0.6 is 12.2 Å². The molecule has 0 saturated carbocycles. The van der Waals surface area contributed by atoms with E-state index in [1.54, 1.807) is 0 Å². The number of hydrogen-bond donors (Lipinski definition) is 2. The third-order valence-corrected chi connectivity index (χ3v) is 2.26. The summed E-state index contributed by atoms with van der Waals surface area (Å²) in [4.78, 5) is 14.5. The molecule has 2 N–H and O–H groups in total. The summed E-state index contributed by atoms with van der Waals surface area (Å²) in [7, 11) is 0. The van der Waals surface area contributed by atoms with Gasteiger partial charge in [0, 0.05) is 0 Å². The molecule has 2 aromatic rings. The molecule has 0 aliphatic rings. The number of alkyl halides is 3. The van der Waals surface area contributed by atoms with Crippen molar-refractivity contribution in [3.8, 4) is 5.69 Å². The van der Waals surface area contributed by atoms with Gasteiger partial charge in [-0.15, -0.1) is 0 Å². The number of halogens is 3. The number of rotatable bonds is 1. The lowest BCUT2D eigenvalue weighted by molar-refractivity contribution is -0.141. The highest BCUT2D eigenvalue weighted by Crippen LogP contribution is 2.27. The van der Waals surface area contributed by atoms with Crippen LogP contribution in [0.5, 0.6) is 0 Å². The minimum absolute atomic E-state index is 0.0524. The average Bonchev–Trinajstić information content (AvgIpc) is 2.58. The predicted molar refractivity (Wildman–Crippen MR) is 54.4 cm³/mol. The van der Waals surface area contributed by atoms with Gasteiger partial charge in [-0.2, -0.15) is 13.2 Å². The fraction of sp³-hybridized carbons (Fsp3) is 0.125. The Morgan fingerprint density at radius 1 is 1.29 bits per heavy atom. The van der Waals surface area contributed by atoms with Crippen LogP contribution < -0.4 is 5.69 Å². The minimum Gasteiger partial charge on any atom is -0.272 e. The summed E-state index contributed by atoms with van der Waals surface area (Å²) in [6.07, 6.45) is -3.58. The van der Waals surface area contributed by atoms with Crippen LogP contribution in [0.3, 0.4) is 0 Å². The first-order valence-electron chi connectivity index (χ1n) is 4.33. The molecule has 0 saturated heterocycles. The van der Waals surface area contributed by atoms with E-state index in [1.165, 1.54) is 0 Å². The van der Waals surface area contributed by atoms with E-state index in [0.29, 0.717) is 0 Å². The van der Waals surface area contributed by atoms with Gasteiger partial charge in [0.2, 0.25) is 4.77 Å². The van der Waals surface area contributed by atoms with E-state index in [1.807, 2.05) is 0 Å². The SMILES string of the molecule is O=c1[nH][nH]c(=S)n1-c1ccc(C(F)(F)F)nc1. The second-order valence-corrected chi connectivity index (χ2v) is 3.48. The Morgan fingerprint density at radius 2 is 2.00 bits per heavy atom. The topological polar surface area (TPSA) is 66.5 Å². The molecule has 0 spiro atoms. The Kier molecular flexibility index (Phi) is 2.62. The van der Waals surface area contributed by atoms with Crippen molar-refractivity contribution in [1.29, 1.82) is 0 Å². The number of nitrogens with one attached hydrogen (secondary N) is 2. The molecule has 0 aliphatic heterocycles. The summed E-state index contributed by atoms with van der Waals surface area (Å²) >= 11 is 4.79. The molecule has 0 atom stereocenters. The van der Waals surface area contributed by atoms with Crippen molar-refractivity contribution in [2.24, 2.45) is 0 Å². The van der Waals surface area contributed by atoms with Crippen LogP contribution in [0.25, 0.3) is 5.69 Å². The molecule has 0 aliphatic carbocycles. The van der Waals surface area contributed by atoms with Crippen molar-refractivity contribution < 1.29 is 13.2 Å². The number of nitrogens with zero attached hydrogens (tertiary/aromatic N) is 2. The van der Waals surface area contributed by atoms with E-state index >= 15 is 0 Å². The van der Waals surface area contributed by atoms with Crippen molar-refractivity contribution in [3.63, 3.8) is 0 Å². The van der Waals surface area contributed by atoms with Gasteiger partial charge in [-0.05, 0) is 24.4 Å². The fourth-order valence-electron chi connectivity index (χ4n) is 1.23. The molecule has 0 amide bonds. The molecule has 0 fully saturated rings. The highest BCUT2D eigenvalue weighted by atomic mass is 32.1. The minimum atomic E-state index is -4.51. The highest BCUT2D eigenvalue weighted by Gasteiger charge is 2.32. The summed E-state index contributed by atoms with van der Waals surface area (Å²) < 4.78 is 37.8. The van der Waals surface area contributed by atoms with Crippen LogP contribution in [0.1, 0.15) is 5.69 Å². The molecule has 2 heterocycles. The van der Waals surface area contributed by atoms with Gasteiger partial charge < -0.3 is 0 Å². The van der Waals surface area contributed by atoms with Crippen molar-refractivity contribution in [1.82, 2.24) is 19.7 Å². The molecule has 0 aromatic carbocycles. The Hall–Kier alpha value is -1.90. The quantitative estimate of drug-likeness (QED) is 0.768. The van der Waals surface area contributed by atoms with Gasteiger partial charge in [-0.1, -0.05) is 0 Å². The van der Waals surface area contributed by atoms with Gasteiger partial charge in [0.1, 0.15) is 5.69 Å². The van der Waals surface area contributed by atoms with E-state index in [2.05, 4.69) is 15.2 Å². The monoisotopic (exact) mass is 262 g/mol. The van der Waals surface area contributed by atoms with E-state index in [0.717, 1.165) is 22.9 Å². The van der Waals surface area contributed by atoms with Crippen LogP contribution in [-0.2, 0) is 6.18 Å². The lowest BCUT2D eigenvalue weighted by atomic mass is 10.3. The summed E-state index contributed by atoms with van der Waals surface area (Å²) in [6, 6.07) is 1.90. The first-order valence-corrected chi connectivity index (χ1v) is 4.74. The predicted octanol–water partition coefficient (Wildman–Crippen LogP) is 1.64. The molecule has 90 valence electrons. The first kappa shape index (κ1) is 11.6. The largest absolute Gasteiger partial charge is 0.433 e. The summed E-state index contributed by atoms with van der Waals surface area (Å²) in [5, 5.41) is 4.58. The Morgan fingerprint density at radius 3 is 2.41 bits per heavy atom. The molecule has 9 heteroatoms. The summed E-state index contributed by atoms with van der Waals surface area (Å²) in [6.45, 7) is 0. The molecule has 2 rings (SSSR count). The lowest BCUT2D eigenvalue weighted by Crippen LogP contribution is -2.16. The van der Waals surface area contributed by atoms with Crippen molar-refractivity contribution in [3.05, 3.63) is 39.3 Å². The number of hydrogen-bond acceptors (Lipinski definition) is 3. The number of aromatic nitrogens is 4. The standard InChI is InChI=1S/C8H5F3N4OS/c9-8(10,11)5-2-1-4(3-12-5)15-6(16)13-14-7(15)17/h1-3H,(H,13,16)(H,14,17). The van der Waals surface area contributed by atoms with E-state index in [4.69, 9.17) is 12.2 Å². The smallest absolute Gasteiger partial charge is 0.272 e. The van der Waals surface area contributed by atoms with Gasteiger partial charge in [-0.3, -0.25) is 5.10 Å². The van der Waals surface area contributed by atoms with Crippen LogP contribution in [0.4, 0.5) is 13.2 Å². The highest BCUT2D eigenvalue weighted by molar-refractivity contribution is 7.71. The third kappa shape index (κ3) is 2.13. The maximum Gasteiger partial charge on any atom is 0.433 e. The molecular formula is C8H5F3N4OS. The zero-order chi connectivity index (χ0) is 12.6. The van der Waals surface area contributed by atoms with E-state index in [9.17, 15) is 18.0 Å². The molecule has 0 bridgehead atoms. The van der Waals surface area contributed by atoms with Crippen LogP contribution in [0.2, 0.25) is 0 Å². The molecule has 0 radical (unpaired) electrons. The molecule has 2 aromatic heterocycles. The molecule has 5 nitrogen and oxygen atoms in total. The zero-order valence-electron chi connectivity index (χ0n) is 8.08. The fourth-order valence-corrected chi connectivity index (χ4v) is 1.47. The van der Waals surface area contributed by atoms with Crippen LogP contribution in [0.15, 0.2) is 23.1 Å². The lowest BCUT2D eigenvalue weighted by Gasteiger charge is -2.06. The molecular weight excluding hydrogens is 257 g/mol. The van der Waals surface area contributed by atoms with Crippen molar-refractivity contribution in [2.75, 3.05) is 0 Å². The van der Waals surface area contributed by atoms with E-state index in [-0.39, 0.29) is 10.5 Å². The maximum atomic E-state index is 12.3. The first-order chi connectivity index (χ1) is 7.89. The van der Waals surface area contributed by atoms with Crippen LogP contribution in [-0.4, -0.2) is 19.7 Å². The Bertz CT molecular complexity index is 609. The Labute approximate surface area is 96.9 Å².